The first-order chi connectivity index (χ1) is 9.69. The number of hydrogen-bond acceptors (Lipinski definition) is 3. The number of carbonyl (C=O) groups excluding carboxylic acids is 1. The van der Waals surface area contributed by atoms with Gasteiger partial charge in [-0.15, -0.1) is 12.4 Å². The van der Waals surface area contributed by atoms with Crippen LogP contribution in [-0.2, 0) is 11.3 Å². The SMILES string of the molecule is CCN(Cc1ccccc1)C(=O)CN1CCNC(C)C1.Cl. The fourth-order valence-corrected chi connectivity index (χ4v) is 2.63. The summed E-state index contributed by atoms with van der Waals surface area (Å²) in [6.07, 6.45) is 0. The third-order valence-electron chi connectivity index (χ3n) is 3.76. The molecule has 0 bridgehead atoms. The van der Waals surface area contributed by atoms with E-state index in [2.05, 4.69) is 29.3 Å². The monoisotopic (exact) mass is 311 g/mol. The van der Waals surface area contributed by atoms with Crippen LogP contribution in [0.25, 0.3) is 0 Å². The van der Waals surface area contributed by atoms with Crippen molar-refractivity contribution in [2.45, 2.75) is 26.4 Å². The maximum Gasteiger partial charge on any atom is 0.237 e. The molecule has 1 aliphatic heterocycles. The quantitative estimate of drug-likeness (QED) is 0.900. The van der Waals surface area contributed by atoms with Crippen LogP contribution in [0.3, 0.4) is 0 Å². The lowest BCUT2D eigenvalue weighted by atomic mass is 10.2. The minimum absolute atomic E-state index is 0. The summed E-state index contributed by atoms with van der Waals surface area (Å²) in [7, 11) is 0. The smallest absolute Gasteiger partial charge is 0.237 e. The molecule has 4 nitrogen and oxygen atoms in total. The van der Waals surface area contributed by atoms with Crippen molar-refractivity contribution >= 4 is 18.3 Å². The van der Waals surface area contributed by atoms with E-state index in [1.165, 1.54) is 5.56 Å². The van der Waals surface area contributed by atoms with Gasteiger partial charge < -0.3 is 10.2 Å². The first-order valence-corrected chi connectivity index (χ1v) is 7.46. The number of nitrogens with one attached hydrogen (secondary N) is 1. The Morgan fingerprint density at radius 3 is 2.71 bits per heavy atom. The van der Waals surface area contributed by atoms with Crippen molar-refractivity contribution in [2.75, 3.05) is 32.7 Å². The van der Waals surface area contributed by atoms with Crippen molar-refractivity contribution in [3.05, 3.63) is 35.9 Å². The summed E-state index contributed by atoms with van der Waals surface area (Å²) in [5, 5.41) is 3.40. The number of halogens is 1. The standard InChI is InChI=1S/C16H25N3O.ClH/c1-3-19(12-15-7-5-4-6-8-15)16(20)13-18-10-9-17-14(2)11-18;/h4-8,14,17H,3,9-13H2,1-2H3;1H. The van der Waals surface area contributed by atoms with E-state index < -0.39 is 0 Å². The Balaban J connectivity index is 0.00000220. The Bertz CT molecular complexity index is 427. The second-order valence-electron chi connectivity index (χ2n) is 5.48. The Kier molecular flexibility index (Phi) is 7.72. The van der Waals surface area contributed by atoms with E-state index in [1.54, 1.807) is 0 Å². The molecule has 0 aromatic heterocycles. The molecule has 0 saturated carbocycles. The third-order valence-corrected chi connectivity index (χ3v) is 3.76. The van der Waals surface area contributed by atoms with Gasteiger partial charge in [-0.05, 0) is 19.4 Å². The van der Waals surface area contributed by atoms with Crippen LogP contribution in [0.2, 0.25) is 0 Å². The number of amides is 1. The van der Waals surface area contributed by atoms with Gasteiger partial charge in [0.25, 0.3) is 0 Å². The van der Waals surface area contributed by atoms with Crippen LogP contribution in [0.5, 0.6) is 0 Å². The van der Waals surface area contributed by atoms with Gasteiger partial charge in [-0.1, -0.05) is 30.3 Å². The van der Waals surface area contributed by atoms with E-state index in [9.17, 15) is 4.79 Å². The highest BCUT2D eigenvalue weighted by Crippen LogP contribution is 2.06. The average molecular weight is 312 g/mol. The number of benzene rings is 1. The molecular weight excluding hydrogens is 286 g/mol. The van der Waals surface area contributed by atoms with E-state index >= 15 is 0 Å². The molecule has 0 radical (unpaired) electrons. The van der Waals surface area contributed by atoms with E-state index in [4.69, 9.17) is 0 Å². The summed E-state index contributed by atoms with van der Waals surface area (Å²) in [6.45, 7) is 9.09. The molecule has 1 aromatic rings. The lowest BCUT2D eigenvalue weighted by molar-refractivity contribution is -0.133. The molecule has 1 unspecified atom stereocenters. The van der Waals surface area contributed by atoms with E-state index in [1.807, 2.05) is 30.0 Å². The van der Waals surface area contributed by atoms with E-state index in [0.717, 1.165) is 26.2 Å². The fourth-order valence-electron chi connectivity index (χ4n) is 2.63. The van der Waals surface area contributed by atoms with Crippen LogP contribution in [0, 0.1) is 0 Å². The molecule has 21 heavy (non-hydrogen) atoms. The first kappa shape index (κ1) is 18.0. The van der Waals surface area contributed by atoms with Gasteiger partial charge in [-0.2, -0.15) is 0 Å². The molecule has 1 N–H and O–H groups in total. The maximum atomic E-state index is 12.4. The fraction of sp³-hybridized carbons (Fsp3) is 0.562. The summed E-state index contributed by atoms with van der Waals surface area (Å²) in [5.74, 6) is 0.227. The predicted molar refractivity (Wildman–Crippen MR) is 88.7 cm³/mol. The Morgan fingerprint density at radius 1 is 1.38 bits per heavy atom. The average Bonchev–Trinajstić information content (AvgIpc) is 2.45. The van der Waals surface area contributed by atoms with Gasteiger partial charge in [-0.3, -0.25) is 9.69 Å². The van der Waals surface area contributed by atoms with Crippen LogP contribution >= 0.6 is 12.4 Å². The lowest BCUT2D eigenvalue weighted by Gasteiger charge is -2.33. The number of nitrogens with zero attached hydrogens (tertiary/aromatic N) is 2. The first-order valence-electron chi connectivity index (χ1n) is 7.46. The molecule has 2 rings (SSSR count). The molecule has 1 heterocycles. The van der Waals surface area contributed by atoms with Crippen LogP contribution in [0.1, 0.15) is 19.4 Å². The van der Waals surface area contributed by atoms with Crippen molar-refractivity contribution in [1.29, 1.82) is 0 Å². The molecule has 1 aromatic carbocycles. The number of rotatable bonds is 5. The highest BCUT2D eigenvalue weighted by Gasteiger charge is 2.20. The molecule has 1 amide bonds. The van der Waals surface area contributed by atoms with Crippen molar-refractivity contribution in [1.82, 2.24) is 15.1 Å². The molecule has 5 heteroatoms. The zero-order valence-corrected chi connectivity index (χ0v) is 13.7. The van der Waals surface area contributed by atoms with Gasteiger partial charge >= 0.3 is 0 Å². The molecule has 1 saturated heterocycles. The maximum absolute atomic E-state index is 12.4. The molecule has 118 valence electrons. The van der Waals surface area contributed by atoms with Gasteiger partial charge in [0, 0.05) is 38.8 Å². The number of piperazine rings is 1. The summed E-state index contributed by atoms with van der Waals surface area (Å²) in [4.78, 5) is 16.6. The molecule has 1 aliphatic rings. The second-order valence-corrected chi connectivity index (χ2v) is 5.48. The molecule has 1 fully saturated rings. The van der Waals surface area contributed by atoms with Crippen molar-refractivity contribution in [2.24, 2.45) is 0 Å². The summed E-state index contributed by atoms with van der Waals surface area (Å²) in [6, 6.07) is 10.7. The molecule has 0 spiro atoms. The van der Waals surface area contributed by atoms with Crippen LogP contribution in [0.4, 0.5) is 0 Å². The van der Waals surface area contributed by atoms with Crippen LogP contribution < -0.4 is 5.32 Å². The molecular formula is C16H26ClN3O. The van der Waals surface area contributed by atoms with Gasteiger partial charge in [0.2, 0.25) is 5.91 Å². The normalized spacial score (nSPS) is 18.9. The van der Waals surface area contributed by atoms with Crippen molar-refractivity contribution in [3.8, 4) is 0 Å². The van der Waals surface area contributed by atoms with Crippen LogP contribution in [-0.4, -0.2) is 54.5 Å². The predicted octanol–water partition coefficient (Wildman–Crippen LogP) is 1.75. The zero-order chi connectivity index (χ0) is 14.4. The zero-order valence-electron chi connectivity index (χ0n) is 12.9. The minimum Gasteiger partial charge on any atom is -0.338 e. The largest absolute Gasteiger partial charge is 0.338 e. The Labute approximate surface area is 133 Å². The Morgan fingerprint density at radius 2 is 2.10 bits per heavy atom. The highest BCUT2D eigenvalue weighted by molar-refractivity contribution is 5.85. The molecule has 1 atom stereocenters. The third kappa shape index (κ3) is 5.65. The van der Waals surface area contributed by atoms with Gasteiger partial charge in [0.15, 0.2) is 0 Å². The Hall–Kier alpha value is -1.10. The highest BCUT2D eigenvalue weighted by atomic mass is 35.5. The van der Waals surface area contributed by atoms with E-state index in [0.29, 0.717) is 19.1 Å². The van der Waals surface area contributed by atoms with Gasteiger partial charge in [0.05, 0.1) is 6.54 Å². The number of carbonyl (C=O) groups is 1. The topological polar surface area (TPSA) is 35.6 Å². The lowest BCUT2D eigenvalue weighted by Crippen LogP contribution is -2.52. The van der Waals surface area contributed by atoms with Crippen molar-refractivity contribution in [3.63, 3.8) is 0 Å². The summed E-state index contributed by atoms with van der Waals surface area (Å²) >= 11 is 0. The van der Waals surface area contributed by atoms with Gasteiger partial charge in [-0.25, -0.2) is 0 Å². The summed E-state index contributed by atoms with van der Waals surface area (Å²) in [5.41, 5.74) is 1.19. The molecule has 0 aliphatic carbocycles. The van der Waals surface area contributed by atoms with Gasteiger partial charge in [0.1, 0.15) is 0 Å². The second kappa shape index (κ2) is 9.03. The number of hydrogen-bond donors (Lipinski definition) is 1. The van der Waals surface area contributed by atoms with Crippen LogP contribution in [0.15, 0.2) is 30.3 Å². The van der Waals surface area contributed by atoms with E-state index in [-0.39, 0.29) is 18.3 Å². The van der Waals surface area contributed by atoms with Crippen molar-refractivity contribution < 1.29 is 4.79 Å². The minimum atomic E-state index is 0. The summed E-state index contributed by atoms with van der Waals surface area (Å²) < 4.78 is 0. The number of likely N-dealkylation sites (N-methyl/N-ethyl adjacent to an activating group) is 1.